The summed E-state index contributed by atoms with van der Waals surface area (Å²) < 4.78 is 0. The van der Waals surface area contributed by atoms with Gasteiger partial charge in [-0.3, -0.25) is 9.59 Å². The highest BCUT2D eigenvalue weighted by Gasteiger charge is 1.96. The van der Waals surface area contributed by atoms with Crippen molar-refractivity contribution in [1.29, 1.82) is 0 Å². The van der Waals surface area contributed by atoms with E-state index in [1.807, 2.05) is 0 Å². The molecular formula is C18H34BrN3O4. The number of nitrogens with zero attached hydrogens (tertiary/aromatic N) is 3. The van der Waals surface area contributed by atoms with Crippen LogP contribution in [0.5, 0.6) is 0 Å². The molecule has 0 aliphatic carbocycles. The van der Waals surface area contributed by atoms with Gasteiger partial charge in [0.2, 0.25) is 0 Å². The largest absolute Gasteiger partial charge is 0.481 e. The standard InChI is InChI=1S/C9H17BrO2.C9H17N3O2/c10-8-6-4-2-1-3-5-7-9(11)12;10-12-11-8-6-4-2-1-3-5-7-9(13)14/h1-8H2,(H,11,12);1-8H2,(H,13,14). The van der Waals surface area contributed by atoms with E-state index in [2.05, 4.69) is 26.0 Å². The Balaban J connectivity index is 0. The minimum atomic E-state index is -0.714. The van der Waals surface area contributed by atoms with E-state index >= 15 is 0 Å². The van der Waals surface area contributed by atoms with Crippen LogP contribution in [0.2, 0.25) is 0 Å². The van der Waals surface area contributed by atoms with Crippen molar-refractivity contribution < 1.29 is 19.8 Å². The van der Waals surface area contributed by atoms with E-state index in [-0.39, 0.29) is 6.42 Å². The van der Waals surface area contributed by atoms with Crippen molar-refractivity contribution in [1.82, 2.24) is 0 Å². The van der Waals surface area contributed by atoms with Crippen molar-refractivity contribution in [3.8, 4) is 0 Å². The number of hydrogen-bond donors (Lipinski definition) is 2. The van der Waals surface area contributed by atoms with E-state index in [1.165, 1.54) is 25.7 Å². The first-order chi connectivity index (χ1) is 12.5. The predicted molar refractivity (Wildman–Crippen MR) is 108 cm³/mol. The summed E-state index contributed by atoms with van der Waals surface area (Å²) in [6.07, 6.45) is 13.3. The molecule has 7 nitrogen and oxygen atoms in total. The second-order valence-corrected chi connectivity index (χ2v) is 6.97. The first-order valence-electron chi connectivity index (χ1n) is 9.55. The van der Waals surface area contributed by atoms with Crippen LogP contribution in [0.3, 0.4) is 0 Å². The van der Waals surface area contributed by atoms with Gasteiger partial charge in [0.05, 0.1) is 0 Å². The summed E-state index contributed by atoms with van der Waals surface area (Å²) >= 11 is 3.37. The van der Waals surface area contributed by atoms with Gasteiger partial charge in [-0.05, 0) is 31.2 Å². The topological polar surface area (TPSA) is 123 Å². The molecule has 0 unspecified atom stereocenters. The summed E-state index contributed by atoms with van der Waals surface area (Å²) in [6, 6.07) is 0. The fraction of sp³-hybridized carbons (Fsp3) is 0.889. The monoisotopic (exact) mass is 435 g/mol. The van der Waals surface area contributed by atoms with Gasteiger partial charge in [0.25, 0.3) is 0 Å². The third-order valence-corrected chi connectivity index (χ3v) is 4.30. The molecule has 0 saturated carbocycles. The number of azide groups is 1. The van der Waals surface area contributed by atoms with E-state index in [0.717, 1.165) is 56.7 Å². The SMILES string of the molecule is O=C(O)CCCCCCCCBr.[N-]=[N+]=NCCCCCCCCC(=O)O. The summed E-state index contributed by atoms with van der Waals surface area (Å²) in [5.41, 5.74) is 7.99. The van der Waals surface area contributed by atoms with E-state index < -0.39 is 11.9 Å². The highest BCUT2D eigenvalue weighted by molar-refractivity contribution is 9.09. The number of halogens is 1. The van der Waals surface area contributed by atoms with Gasteiger partial charge in [0, 0.05) is 29.6 Å². The minimum Gasteiger partial charge on any atom is -0.481 e. The molecule has 0 fully saturated rings. The average molecular weight is 436 g/mol. The van der Waals surface area contributed by atoms with Gasteiger partial charge in [-0.2, -0.15) is 0 Å². The van der Waals surface area contributed by atoms with Crippen molar-refractivity contribution >= 4 is 27.9 Å². The van der Waals surface area contributed by atoms with E-state index in [4.69, 9.17) is 15.7 Å². The highest BCUT2D eigenvalue weighted by Crippen LogP contribution is 2.08. The van der Waals surface area contributed by atoms with Crippen molar-refractivity contribution in [2.75, 3.05) is 11.9 Å². The van der Waals surface area contributed by atoms with Crippen LogP contribution >= 0.6 is 15.9 Å². The normalized spacial score (nSPS) is 9.73. The molecule has 8 heteroatoms. The maximum absolute atomic E-state index is 10.2. The number of carboxylic acids is 2. The Kier molecular flexibility index (Phi) is 24.6. The molecule has 0 saturated heterocycles. The smallest absolute Gasteiger partial charge is 0.303 e. The Bertz CT molecular complexity index is 381. The van der Waals surface area contributed by atoms with Crippen LogP contribution in [-0.4, -0.2) is 34.0 Å². The lowest BCUT2D eigenvalue weighted by Gasteiger charge is -1.98. The summed E-state index contributed by atoms with van der Waals surface area (Å²) in [5, 5.41) is 21.2. The molecule has 0 aromatic heterocycles. The van der Waals surface area contributed by atoms with Gasteiger partial charge >= 0.3 is 11.9 Å². The number of alkyl halides is 1. The number of hydrogen-bond acceptors (Lipinski definition) is 3. The van der Waals surface area contributed by atoms with Gasteiger partial charge in [-0.1, -0.05) is 72.4 Å². The number of unbranched alkanes of at least 4 members (excludes halogenated alkanes) is 10. The Hall–Kier alpha value is -1.27. The molecule has 0 heterocycles. The third kappa shape index (κ3) is 30.6. The second-order valence-electron chi connectivity index (χ2n) is 6.17. The molecule has 0 radical (unpaired) electrons. The number of rotatable bonds is 17. The second kappa shape index (κ2) is 23.7. The predicted octanol–water partition coefficient (Wildman–Crippen LogP) is 6.31. The highest BCUT2D eigenvalue weighted by atomic mass is 79.9. The molecule has 0 aliphatic heterocycles. The Morgan fingerprint density at radius 2 is 1.12 bits per heavy atom. The van der Waals surface area contributed by atoms with Crippen LogP contribution in [0.1, 0.15) is 89.9 Å². The van der Waals surface area contributed by atoms with Crippen LogP contribution in [0.15, 0.2) is 5.11 Å². The van der Waals surface area contributed by atoms with E-state index in [0.29, 0.717) is 13.0 Å². The quantitative estimate of drug-likeness (QED) is 0.0911. The molecule has 26 heavy (non-hydrogen) atoms. The molecule has 0 bridgehead atoms. The Morgan fingerprint density at radius 3 is 1.50 bits per heavy atom. The summed E-state index contributed by atoms with van der Waals surface area (Å²) in [7, 11) is 0. The lowest BCUT2D eigenvalue weighted by atomic mass is 10.1. The molecule has 0 spiro atoms. The first-order valence-corrected chi connectivity index (χ1v) is 10.7. The Morgan fingerprint density at radius 1 is 0.731 bits per heavy atom. The zero-order valence-electron chi connectivity index (χ0n) is 15.7. The molecule has 0 aromatic rings. The first kappa shape index (κ1) is 27.0. The van der Waals surface area contributed by atoms with Gasteiger partial charge < -0.3 is 10.2 Å². The van der Waals surface area contributed by atoms with Crippen LogP contribution in [-0.2, 0) is 9.59 Å². The summed E-state index contributed by atoms with van der Waals surface area (Å²) in [5.74, 6) is -1.39. The minimum absolute atomic E-state index is 0.277. The summed E-state index contributed by atoms with van der Waals surface area (Å²) in [4.78, 5) is 23.0. The van der Waals surface area contributed by atoms with Crippen LogP contribution in [0.4, 0.5) is 0 Å². The average Bonchev–Trinajstić information content (AvgIpc) is 2.59. The van der Waals surface area contributed by atoms with Crippen molar-refractivity contribution in [2.45, 2.75) is 89.9 Å². The maximum Gasteiger partial charge on any atom is 0.303 e. The fourth-order valence-electron chi connectivity index (χ4n) is 2.29. The molecule has 0 aliphatic rings. The van der Waals surface area contributed by atoms with Gasteiger partial charge in [-0.15, -0.1) is 0 Å². The van der Waals surface area contributed by atoms with Crippen molar-refractivity contribution in [2.24, 2.45) is 5.11 Å². The maximum atomic E-state index is 10.2. The fourth-order valence-corrected chi connectivity index (χ4v) is 2.68. The van der Waals surface area contributed by atoms with Crippen LogP contribution in [0, 0.1) is 0 Å². The third-order valence-electron chi connectivity index (χ3n) is 3.74. The molecule has 0 atom stereocenters. The van der Waals surface area contributed by atoms with Crippen LogP contribution < -0.4 is 0 Å². The molecule has 0 rings (SSSR count). The number of carboxylic acid groups (broad SMARTS) is 2. The van der Waals surface area contributed by atoms with Crippen molar-refractivity contribution in [3.63, 3.8) is 0 Å². The molecule has 0 aromatic carbocycles. The summed E-state index contributed by atoms with van der Waals surface area (Å²) in [6.45, 7) is 0.575. The van der Waals surface area contributed by atoms with Crippen LogP contribution in [0.25, 0.3) is 10.4 Å². The Labute approximate surface area is 165 Å². The number of carbonyl (C=O) groups is 2. The zero-order valence-corrected chi connectivity index (χ0v) is 17.3. The lowest BCUT2D eigenvalue weighted by Crippen LogP contribution is -1.93. The van der Waals surface area contributed by atoms with Gasteiger partial charge in [0.15, 0.2) is 0 Å². The van der Waals surface area contributed by atoms with E-state index in [9.17, 15) is 9.59 Å². The van der Waals surface area contributed by atoms with E-state index in [1.54, 1.807) is 0 Å². The zero-order chi connectivity index (χ0) is 19.9. The number of aliphatic carboxylic acids is 2. The molecule has 2 N–H and O–H groups in total. The lowest BCUT2D eigenvalue weighted by molar-refractivity contribution is -0.138. The van der Waals surface area contributed by atoms with Crippen molar-refractivity contribution in [3.05, 3.63) is 10.4 Å². The van der Waals surface area contributed by atoms with Gasteiger partial charge in [0.1, 0.15) is 0 Å². The molecule has 0 amide bonds. The van der Waals surface area contributed by atoms with Gasteiger partial charge in [-0.25, -0.2) is 0 Å². The molecular weight excluding hydrogens is 402 g/mol. The molecule has 152 valence electrons.